The number of hydrogen-bond donors (Lipinski definition) is 1. The van der Waals surface area contributed by atoms with Gasteiger partial charge in [0.05, 0.1) is 0 Å². The molecule has 0 bridgehead atoms. The molecule has 0 amide bonds. The zero-order valence-corrected chi connectivity index (χ0v) is 18.4. The van der Waals surface area contributed by atoms with Gasteiger partial charge < -0.3 is 14.6 Å². The van der Waals surface area contributed by atoms with Gasteiger partial charge in [-0.3, -0.25) is 0 Å². The molecule has 0 fully saturated rings. The van der Waals surface area contributed by atoms with Crippen LogP contribution in [0, 0.1) is 0 Å². The van der Waals surface area contributed by atoms with Gasteiger partial charge in [0.25, 0.3) is 8.32 Å². The Morgan fingerprint density at radius 2 is 1.08 bits per heavy atom. The molecule has 142 valence electrons. The Bertz CT molecular complexity index is 681. The monoisotopic (exact) mass is 370 g/mol. The molecule has 0 aromatic heterocycles. The van der Waals surface area contributed by atoms with E-state index in [1.165, 1.54) is 11.1 Å². The molecular formula is C22H34N2OSi. The van der Waals surface area contributed by atoms with E-state index in [0.717, 1.165) is 23.5 Å². The summed E-state index contributed by atoms with van der Waals surface area (Å²) in [6.07, 6.45) is 0. The second-order valence-electron chi connectivity index (χ2n) is 8.75. The second kappa shape index (κ2) is 8.05. The van der Waals surface area contributed by atoms with Gasteiger partial charge in [0.15, 0.2) is 0 Å². The molecule has 4 heteroatoms. The molecule has 0 unspecified atom stereocenters. The fraction of sp³-hybridized carbons (Fsp3) is 0.455. The summed E-state index contributed by atoms with van der Waals surface area (Å²) in [5, 5.41) is 2.04. The molecule has 2 aromatic carbocycles. The van der Waals surface area contributed by atoms with Crippen molar-refractivity contribution in [3.05, 3.63) is 59.7 Å². The van der Waals surface area contributed by atoms with E-state index < -0.39 is 8.32 Å². The summed E-state index contributed by atoms with van der Waals surface area (Å²) in [6, 6.07) is 16.9. The first-order chi connectivity index (χ1) is 12.1. The molecule has 0 radical (unpaired) electrons. The molecule has 2 aromatic rings. The molecule has 3 nitrogen and oxygen atoms in total. The standard InChI is InChI=1S/C22H34N2OSi/c1-22(2,3)26(25,20-14-10-8-12-18(20)16-23(4)5)21-15-11-9-13-19(21)17-24(6)7/h8-15,25H,16-17H2,1-7H3. The minimum Gasteiger partial charge on any atom is -0.424 e. The first-order valence-corrected chi connectivity index (χ1v) is 11.2. The van der Waals surface area contributed by atoms with Crippen molar-refractivity contribution in [1.29, 1.82) is 0 Å². The summed E-state index contributed by atoms with van der Waals surface area (Å²) in [7, 11) is 5.33. The molecule has 1 N–H and O–H groups in total. The van der Waals surface area contributed by atoms with Crippen molar-refractivity contribution in [3.8, 4) is 0 Å². The van der Waals surface area contributed by atoms with Crippen LogP contribution < -0.4 is 10.4 Å². The maximum atomic E-state index is 12.4. The molecule has 0 saturated heterocycles. The molecule has 0 atom stereocenters. The van der Waals surface area contributed by atoms with E-state index in [4.69, 9.17) is 0 Å². The van der Waals surface area contributed by atoms with Crippen LogP contribution in [0.25, 0.3) is 0 Å². The van der Waals surface area contributed by atoms with Gasteiger partial charge in [-0.15, -0.1) is 0 Å². The lowest BCUT2D eigenvalue weighted by atomic mass is 10.2. The van der Waals surface area contributed by atoms with Crippen LogP contribution in [0.15, 0.2) is 48.5 Å². The van der Waals surface area contributed by atoms with Gasteiger partial charge in [-0.05, 0) is 54.7 Å². The van der Waals surface area contributed by atoms with E-state index >= 15 is 0 Å². The molecule has 0 aliphatic rings. The summed E-state index contributed by atoms with van der Waals surface area (Å²) in [5.41, 5.74) is 2.45. The summed E-state index contributed by atoms with van der Waals surface area (Å²) in [5.74, 6) is 0. The maximum absolute atomic E-state index is 12.4. The van der Waals surface area contributed by atoms with E-state index in [1.54, 1.807) is 0 Å². The SMILES string of the molecule is CN(C)Cc1ccccc1[Si](O)(c1ccccc1CN(C)C)C(C)(C)C. The highest BCUT2D eigenvalue weighted by Gasteiger charge is 2.49. The van der Waals surface area contributed by atoms with Crippen LogP contribution in [0.3, 0.4) is 0 Å². The second-order valence-corrected chi connectivity index (χ2v) is 12.7. The Balaban J connectivity index is 2.74. The van der Waals surface area contributed by atoms with Crippen molar-refractivity contribution in [1.82, 2.24) is 9.80 Å². The summed E-state index contributed by atoms with van der Waals surface area (Å²) >= 11 is 0. The van der Waals surface area contributed by atoms with Gasteiger partial charge in [-0.25, -0.2) is 0 Å². The highest BCUT2D eigenvalue weighted by atomic mass is 28.4. The van der Waals surface area contributed by atoms with Crippen molar-refractivity contribution >= 4 is 18.7 Å². The molecule has 0 aliphatic heterocycles. The lowest BCUT2D eigenvalue weighted by Crippen LogP contribution is -2.66. The van der Waals surface area contributed by atoms with Gasteiger partial charge in [0, 0.05) is 13.1 Å². The number of benzene rings is 2. The van der Waals surface area contributed by atoms with Gasteiger partial charge >= 0.3 is 0 Å². The number of hydrogen-bond acceptors (Lipinski definition) is 3. The van der Waals surface area contributed by atoms with Crippen molar-refractivity contribution in [3.63, 3.8) is 0 Å². The van der Waals surface area contributed by atoms with Crippen molar-refractivity contribution in [2.75, 3.05) is 28.2 Å². The summed E-state index contributed by atoms with van der Waals surface area (Å²) in [4.78, 5) is 16.7. The molecule has 26 heavy (non-hydrogen) atoms. The molecule has 0 aliphatic carbocycles. The lowest BCUT2D eigenvalue weighted by Gasteiger charge is -2.41. The van der Waals surface area contributed by atoms with Crippen LogP contribution in [0.5, 0.6) is 0 Å². The Labute approximate surface area is 160 Å². The number of nitrogens with zero attached hydrogens (tertiary/aromatic N) is 2. The molecular weight excluding hydrogens is 336 g/mol. The van der Waals surface area contributed by atoms with E-state index in [0.29, 0.717) is 0 Å². The summed E-state index contributed by atoms with van der Waals surface area (Å²) < 4.78 is 0. The van der Waals surface area contributed by atoms with Gasteiger partial charge in [0.2, 0.25) is 0 Å². The Kier molecular flexibility index (Phi) is 6.45. The Morgan fingerprint density at radius 1 is 0.731 bits per heavy atom. The quantitative estimate of drug-likeness (QED) is 0.792. The van der Waals surface area contributed by atoms with Crippen LogP contribution in [0.2, 0.25) is 5.04 Å². The van der Waals surface area contributed by atoms with E-state index in [2.05, 4.69) is 107 Å². The van der Waals surface area contributed by atoms with Crippen molar-refractivity contribution in [2.24, 2.45) is 0 Å². The fourth-order valence-electron chi connectivity index (χ4n) is 3.66. The predicted octanol–water partition coefficient (Wildman–Crippen LogP) is 2.66. The van der Waals surface area contributed by atoms with Gasteiger partial charge in [-0.2, -0.15) is 0 Å². The zero-order chi connectivity index (χ0) is 19.5. The lowest BCUT2D eigenvalue weighted by molar-refractivity contribution is 0.401. The topological polar surface area (TPSA) is 26.7 Å². The minimum absolute atomic E-state index is 0.224. The number of rotatable bonds is 6. The van der Waals surface area contributed by atoms with Crippen molar-refractivity contribution < 1.29 is 4.80 Å². The van der Waals surface area contributed by atoms with E-state index in [9.17, 15) is 4.80 Å². The van der Waals surface area contributed by atoms with Crippen LogP contribution in [0.1, 0.15) is 31.9 Å². The van der Waals surface area contributed by atoms with Crippen LogP contribution in [-0.2, 0) is 13.1 Å². The third-order valence-electron chi connectivity index (χ3n) is 4.87. The first-order valence-electron chi connectivity index (χ1n) is 9.26. The molecule has 0 saturated carbocycles. The highest BCUT2D eigenvalue weighted by Crippen LogP contribution is 2.35. The predicted molar refractivity (Wildman–Crippen MR) is 115 cm³/mol. The minimum atomic E-state index is -2.98. The smallest absolute Gasteiger partial charge is 0.258 e. The fourth-order valence-corrected chi connectivity index (χ4v) is 7.49. The van der Waals surface area contributed by atoms with E-state index in [1.807, 2.05) is 0 Å². The van der Waals surface area contributed by atoms with Crippen LogP contribution >= 0.6 is 0 Å². The molecule has 2 rings (SSSR count). The highest BCUT2D eigenvalue weighted by molar-refractivity contribution is 6.99. The summed E-state index contributed by atoms with van der Waals surface area (Å²) in [6.45, 7) is 8.20. The Morgan fingerprint density at radius 3 is 1.38 bits per heavy atom. The largest absolute Gasteiger partial charge is 0.424 e. The Hall–Kier alpha value is -1.46. The third kappa shape index (κ3) is 4.26. The van der Waals surface area contributed by atoms with Gasteiger partial charge in [-0.1, -0.05) is 69.3 Å². The van der Waals surface area contributed by atoms with Gasteiger partial charge in [0.1, 0.15) is 0 Å². The molecule has 0 heterocycles. The normalized spacial score (nSPS) is 12.8. The zero-order valence-electron chi connectivity index (χ0n) is 17.4. The first kappa shape index (κ1) is 20.8. The average Bonchev–Trinajstić information content (AvgIpc) is 2.53. The van der Waals surface area contributed by atoms with Crippen molar-refractivity contribution in [2.45, 2.75) is 38.9 Å². The maximum Gasteiger partial charge on any atom is 0.258 e. The average molecular weight is 371 g/mol. The van der Waals surface area contributed by atoms with Crippen LogP contribution in [0.4, 0.5) is 0 Å². The van der Waals surface area contributed by atoms with E-state index in [-0.39, 0.29) is 5.04 Å². The van der Waals surface area contributed by atoms with Crippen LogP contribution in [-0.4, -0.2) is 51.1 Å². The third-order valence-corrected chi connectivity index (χ3v) is 9.58. The molecule has 0 spiro atoms.